The molecular weight excluding hydrogens is 182 g/mol. The first kappa shape index (κ1) is 9.02. The highest BCUT2D eigenvalue weighted by Crippen LogP contribution is 2.35. The quantitative estimate of drug-likeness (QED) is 0.622. The molecule has 1 aliphatic carbocycles. The van der Waals surface area contributed by atoms with E-state index in [9.17, 15) is 9.90 Å². The van der Waals surface area contributed by atoms with Crippen LogP contribution in [0, 0.1) is 0 Å². The molecule has 0 unspecified atom stereocenters. The highest BCUT2D eigenvalue weighted by atomic mass is 16.4. The summed E-state index contributed by atoms with van der Waals surface area (Å²) >= 11 is 0. The largest absolute Gasteiger partial charge is 0.507 e. The summed E-state index contributed by atoms with van der Waals surface area (Å²) in [6.45, 7) is 0. The van der Waals surface area contributed by atoms with E-state index in [1.807, 2.05) is 0 Å². The van der Waals surface area contributed by atoms with Gasteiger partial charge in [-0.05, 0) is 30.0 Å². The second-order valence-electron chi connectivity index (χ2n) is 3.48. The van der Waals surface area contributed by atoms with Crippen LogP contribution in [0.4, 0.5) is 0 Å². The molecule has 2 rings (SSSR count). The second-order valence-corrected chi connectivity index (χ2v) is 3.48. The number of hydrogen-bond acceptors (Lipinski definition) is 3. The van der Waals surface area contributed by atoms with Gasteiger partial charge in [0, 0.05) is 6.04 Å². The van der Waals surface area contributed by atoms with Crippen molar-refractivity contribution in [1.82, 2.24) is 0 Å². The molecule has 4 N–H and O–H groups in total. The minimum Gasteiger partial charge on any atom is -0.507 e. The zero-order chi connectivity index (χ0) is 10.3. The number of carboxylic acids is 1. The van der Waals surface area contributed by atoms with Crippen LogP contribution < -0.4 is 5.73 Å². The molecule has 4 heteroatoms. The summed E-state index contributed by atoms with van der Waals surface area (Å²) < 4.78 is 0. The first-order valence-corrected chi connectivity index (χ1v) is 4.45. The Morgan fingerprint density at radius 1 is 1.50 bits per heavy atom. The molecule has 0 aromatic heterocycles. The Morgan fingerprint density at radius 2 is 2.21 bits per heavy atom. The lowest BCUT2D eigenvalue weighted by Gasteiger charge is -2.08. The van der Waals surface area contributed by atoms with E-state index in [1.165, 1.54) is 6.07 Å². The van der Waals surface area contributed by atoms with Crippen LogP contribution in [-0.2, 0) is 6.42 Å². The number of benzene rings is 1. The Bertz CT molecular complexity index is 401. The van der Waals surface area contributed by atoms with Gasteiger partial charge in [-0.2, -0.15) is 0 Å². The van der Waals surface area contributed by atoms with Gasteiger partial charge in [-0.3, -0.25) is 0 Å². The van der Waals surface area contributed by atoms with E-state index in [0.29, 0.717) is 12.0 Å². The number of aromatic carboxylic acids is 1. The molecule has 0 fully saturated rings. The highest BCUT2D eigenvalue weighted by Gasteiger charge is 2.26. The maximum Gasteiger partial charge on any atom is 0.339 e. The molecule has 0 heterocycles. The van der Waals surface area contributed by atoms with Gasteiger partial charge < -0.3 is 15.9 Å². The molecule has 0 aliphatic heterocycles. The summed E-state index contributed by atoms with van der Waals surface area (Å²) in [5, 5.41) is 18.3. The third kappa shape index (κ3) is 1.15. The van der Waals surface area contributed by atoms with Crippen LogP contribution in [0.2, 0.25) is 0 Å². The maximum atomic E-state index is 10.9. The molecule has 1 aliphatic rings. The number of rotatable bonds is 1. The zero-order valence-corrected chi connectivity index (χ0v) is 7.53. The molecule has 1 atom stereocenters. The molecule has 74 valence electrons. The molecule has 0 amide bonds. The highest BCUT2D eigenvalue weighted by molar-refractivity contribution is 5.93. The number of carboxylic acid groups (broad SMARTS) is 1. The Morgan fingerprint density at radius 3 is 2.86 bits per heavy atom. The second kappa shape index (κ2) is 2.99. The molecule has 0 saturated heterocycles. The van der Waals surface area contributed by atoms with Crippen molar-refractivity contribution in [3.8, 4) is 5.75 Å². The lowest BCUT2D eigenvalue weighted by atomic mass is 10.0. The van der Waals surface area contributed by atoms with E-state index in [1.54, 1.807) is 6.07 Å². The van der Waals surface area contributed by atoms with Gasteiger partial charge in [-0.15, -0.1) is 0 Å². The number of aromatic hydroxyl groups is 1. The van der Waals surface area contributed by atoms with Crippen LogP contribution in [0.1, 0.15) is 33.9 Å². The molecule has 0 saturated carbocycles. The Balaban J connectivity index is 2.65. The standard InChI is InChI=1S/C10H11NO3/c11-7-3-1-6-5(7)2-4-8(12)9(6)10(13)14/h2,4,7,12H,1,3,11H2,(H,13,14)/t7-/m0/s1. The summed E-state index contributed by atoms with van der Waals surface area (Å²) in [7, 11) is 0. The van der Waals surface area contributed by atoms with Crippen LogP contribution >= 0.6 is 0 Å². The number of fused-ring (bicyclic) bond motifs is 1. The number of phenols is 1. The fraction of sp³-hybridized carbons (Fsp3) is 0.300. The van der Waals surface area contributed by atoms with Crippen LogP contribution in [0.5, 0.6) is 5.75 Å². The van der Waals surface area contributed by atoms with Gasteiger partial charge in [0.15, 0.2) is 0 Å². The molecule has 4 nitrogen and oxygen atoms in total. The monoisotopic (exact) mass is 193 g/mol. The molecule has 1 aromatic carbocycles. The topological polar surface area (TPSA) is 83.5 Å². The van der Waals surface area contributed by atoms with Crippen molar-refractivity contribution >= 4 is 5.97 Å². The van der Waals surface area contributed by atoms with Crippen molar-refractivity contribution in [2.45, 2.75) is 18.9 Å². The van der Waals surface area contributed by atoms with Crippen molar-refractivity contribution in [2.24, 2.45) is 5.73 Å². The van der Waals surface area contributed by atoms with Gasteiger partial charge >= 0.3 is 5.97 Å². The summed E-state index contributed by atoms with van der Waals surface area (Å²) in [4.78, 5) is 10.9. The van der Waals surface area contributed by atoms with Crippen molar-refractivity contribution in [2.75, 3.05) is 0 Å². The third-order valence-corrected chi connectivity index (χ3v) is 2.65. The summed E-state index contributed by atoms with van der Waals surface area (Å²) in [5.74, 6) is -1.26. The summed E-state index contributed by atoms with van der Waals surface area (Å²) in [6, 6.07) is 3.01. The Kier molecular flexibility index (Phi) is 1.93. The predicted molar refractivity (Wildman–Crippen MR) is 50.3 cm³/mol. The van der Waals surface area contributed by atoms with E-state index in [-0.39, 0.29) is 17.4 Å². The number of hydrogen-bond donors (Lipinski definition) is 3. The molecule has 0 radical (unpaired) electrons. The normalized spacial score (nSPS) is 19.4. The first-order valence-electron chi connectivity index (χ1n) is 4.45. The lowest BCUT2D eigenvalue weighted by Crippen LogP contribution is -2.07. The van der Waals surface area contributed by atoms with Gasteiger partial charge in [-0.25, -0.2) is 4.79 Å². The Hall–Kier alpha value is -1.55. The smallest absolute Gasteiger partial charge is 0.339 e. The average molecular weight is 193 g/mol. The van der Waals surface area contributed by atoms with Gasteiger partial charge in [0.2, 0.25) is 0 Å². The Labute approximate surface area is 81.0 Å². The fourth-order valence-corrected chi connectivity index (χ4v) is 1.96. The van der Waals surface area contributed by atoms with Crippen LogP contribution in [0.3, 0.4) is 0 Å². The van der Waals surface area contributed by atoms with Crippen molar-refractivity contribution in [3.63, 3.8) is 0 Å². The first-order chi connectivity index (χ1) is 6.61. The van der Waals surface area contributed by atoms with E-state index < -0.39 is 5.97 Å². The fourth-order valence-electron chi connectivity index (χ4n) is 1.96. The number of nitrogens with two attached hydrogens (primary N) is 1. The molecule has 0 spiro atoms. The summed E-state index contributed by atoms with van der Waals surface area (Å²) in [6.07, 6.45) is 1.38. The van der Waals surface area contributed by atoms with Gasteiger partial charge in [0.25, 0.3) is 0 Å². The van der Waals surface area contributed by atoms with Crippen LogP contribution in [-0.4, -0.2) is 16.2 Å². The predicted octanol–water partition coefficient (Wildman–Crippen LogP) is 1.04. The minimum absolute atomic E-state index is 0.00968. The minimum atomic E-state index is -1.09. The molecule has 0 bridgehead atoms. The van der Waals surface area contributed by atoms with Crippen molar-refractivity contribution < 1.29 is 15.0 Å². The van der Waals surface area contributed by atoms with Gasteiger partial charge in [0.05, 0.1) is 0 Å². The van der Waals surface area contributed by atoms with E-state index in [0.717, 1.165) is 12.0 Å². The summed E-state index contributed by atoms with van der Waals surface area (Å²) in [5.41, 5.74) is 7.33. The van der Waals surface area contributed by atoms with Gasteiger partial charge in [-0.1, -0.05) is 6.07 Å². The third-order valence-electron chi connectivity index (χ3n) is 2.65. The number of carbonyl (C=O) groups is 1. The lowest BCUT2D eigenvalue weighted by molar-refractivity contribution is 0.0692. The molecule has 14 heavy (non-hydrogen) atoms. The maximum absolute atomic E-state index is 10.9. The van der Waals surface area contributed by atoms with Crippen molar-refractivity contribution in [1.29, 1.82) is 0 Å². The molecule has 1 aromatic rings. The van der Waals surface area contributed by atoms with Crippen molar-refractivity contribution in [3.05, 3.63) is 28.8 Å². The zero-order valence-electron chi connectivity index (χ0n) is 7.53. The SMILES string of the molecule is N[C@H]1CCc2c1ccc(O)c2C(=O)O. The average Bonchev–Trinajstić information content (AvgIpc) is 2.47. The van der Waals surface area contributed by atoms with E-state index >= 15 is 0 Å². The van der Waals surface area contributed by atoms with Crippen LogP contribution in [0.15, 0.2) is 12.1 Å². The van der Waals surface area contributed by atoms with Gasteiger partial charge in [0.1, 0.15) is 11.3 Å². The molecular formula is C10H11NO3. The van der Waals surface area contributed by atoms with Crippen LogP contribution in [0.25, 0.3) is 0 Å². The van der Waals surface area contributed by atoms with E-state index in [4.69, 9.17) is 10.8 Å². The van der Waals surface area contributed by atoms with E-state index in [2.05, 4.69) is 0 Å².